The zero-order valence-electron chi connectivity index (χ0n) is 6.80. The molecule has 0 unspecified atom stereocenters. The minimum atomic E-state index is -0.0736. The molecule has 0 bridgehead atoms. The largest absolute Gasteiger partial charge is 0.328 e. The molecule has 0 radical (unpaired) electrons. The van der Waals surface area contributed by atoms with Gasteiger partial charge in [-0.2, -0.15) is 0 Å². The average molecular weight is 184 g/mol. The molecule has 0 fully saturated rings. The molecule has 3 heteroatoms. The summed E-state index contributed by atoms with van der Waals surface area (Å²) in [5, 5.41) is 0. The fourth-order valence-corrected chi connectivity index (χ4v) is 1.02. The molecule has 0 aliphatic rings. The molecule has 1 heterocycles. The van der Waals surface area contributed by atoms with Crippen molar-refractivity contribution in [1.29, 1.82) is 0 Å². The van der Waals surface area contributed by atoms with Gasteiger partial charge in [-0.3, -0.25) is 4.79 Å². The van der Waals surface area contributed by atoms with E-state index in [-0.39, 0.29) is 5.56 Å². The number of H-pyrrole nitrogens is 1. The third-order valence-corrected chi connectivity index (χ3v) is 1.74. The number of nitrogens with one attached hydrogen (secondary N) is 1. The van der Waals surface area contributed by atoms with Crippen molar-refractivity contribution in [2.24, 2.45) is 0 Å². The quantitative estimate of drug-likeness (QED) is 0.699. The Morgan fingerprint density at radius 3 is 3.00 bits per heavy atom. The molecule has 2 nitrogen and oxygen atoms in total. The lowest BCUT2D eigenvalue weighted by Gasteiger charge is -1.96. The maximum atomic E-state index is 10.8. The fourth-order valence-electron chi connectivity index (χ4n) is 0.935. The lowest BCUT2D eigenvalue weighted by molar-refractivity contribution is 1.20. The van der Waals surface area contributed by atoms with Gasteiger partial charge in [0.15, 0.2) is 0 Å². The summed E-state index contributed by atoms with van der Waals surface area (Å²) in [6.45, 7) is 1.89. The zero-order valence-corrected chi connectivity index (χ0v) is 7.56. The number of rotatable bonds is 2. The zero-order chi connectivity index (χ0) is 8.97. The van der Waals surface area contributed by atoms with E-state index in [1.165, 1.54) is 0 Å². The number of allylic oxidation sites excluding steroid dienone is 1. The van der Waals surface area contributed by atoms with Gasteiger partial charge in [-0.05, 0) is 18.1 Å². The summed E-state index contributed by atoms with van der Waals surface area (Å²) in [4.78, 5) is 13.4. The highest BCUT2D eigenvalue weighted by Crippen LogP contribution is 2.04. The van der Waals surface area contributed by atoms with Crippen molar-refractivity contribution in [3.05, 3.63) is 39.8 Å². The van der Waals surface area contributed by atoms with Crippen LogP contribution in [-0.2, 0) is 0 Å². The second-order valence-corrected chi connectivity index (χ2v) is 2.80. The summed E-state index contributed by atoms with van der Waals surface area (Å²) in [6, 6.07) is 1.56. The fraction of sp³-hybridized carbons (Fsp3) is 0.222. The predicted octanol–water partition coefficient (Wildman–Crippen LogP) is 1.94. The van der Waals surface area contributed by atoms with Gasteiger partial charge in [0.2, 0.25) is 5.56 Å². The monoisotopic (exact) mass is 183 g/mol. The highest BCUT2D eigenvalue weighted by Gasteiger charge is 1.92. The Bertz CT molecular complexity index is 341. The summed E-state index contributed by atoms with van der Waals surface area (Å²) in [6.07, 6.45) is 5.40. The third-order valence-electron chi connectivity index (χ3n) is 1.56. The molecule has 0 aliphatic carbocycles. The van der Waals surface area contributed by atoms with Crippen molar-refractivity contribution in [3.8, 4) is 0 Å². The number of halogens is 1. The van der Waals surface area contributed by atoms with Gasteiger partial charge in [-0.1, -0.05) is 12.2 Å². The number of pyridine rings is 1. The Balaban J connectivity index is 3.01. The van der Waals surface area contributed by atoms with E-state index >= 15 is 0 Å². The van der Waals surface area contributed by atoms with Crippen LogP contribution in [0.2, 0.25) is 0 Å². The Morgan fingerprint density at radius 1 is 1.67 bits per heavy atom. The molecule has 0 saturated heterocycles. The number of aromatic nitrogens is 1. The SMILES string of the molecule is Cc1cc(=O)[nH]cc1C=CCCl. The molecule has 0 aromatic carbocycles. The lowest BCUT2D eigenvalue weighted by Crippen LogP contribution is -2.04. The summed E-state index contributed by atoms with van der Waals surface area (Å²) < 4.78 is 0. The van der Waals surface area contributed by atoms with E-state index in [1.54, 1.807) is 12.3 Å². The molecule has 0 atom stereocenters. The lowest BCUT2D eigenvalue weighted by atomic mass is 10.1. The molecule has 0 saturated carbocycles. The van der Waals surface area contributed by atoms with Crippen molar-refractivity contribution in [2.75, 3.05) is 5.88 Å². The summed E-state index contributed by atoms with van der Waals surface area (Å²) in [5.41, 5.74) is 1.88. The number of hydrogen-bond acceptors (Lipinski definition) is 1. The Kier molecular flexibility index (Phi) is 3.11. The van der Waals surface area contributed by atoms with E-state index in [9.17, 15) is 4.79 Å². The highest BCUT2D eigenvalue weighted by molar-refractivity contribution is 6.19. The summed E-state index contributed by atoms with van der Waals surface area (Å²) >= 11 is 5.48. The Hall–Kier alpha value is -1.02. The summed E-state index contributed by atoms with van der Waals surface area (Å²) in [5.74, 6) is 0.485. The molecule has 1 aromatic heterocycles. The van der Waals surface area contributed by atoms with Gasteiger partial charge in [-0.15, -0.1) is 11.6 Å². The first-order chi connectivity index (χ1) is 5.74. The molecule has 1 N–H and O–H groups in total. The molecule has 0 aliphatic heterocycles. The molecule has 0 spiro atoms. The third kappa shape index (κ3) is 2.24. The number of hydrogen-bond donors (Lipinski definition) is 1. The van der Waals surface area contributed by atoms with Gasteiger partial charge in [0.25, 0.3) is 0 Å². The van der Waals surface area contributed by atoms with Gasteiger partial charge in [0.1, 0.15) is 0 Å². The second kappa shape index (κ2) is 4.12. The Labute approximate surface area is 75.9 Å². The minimum absolute atomic E-state index is 0.0736. The van der Waals surface area contributed by atoms with Crippen LogP contribution in [-0.4, -0.2) is 10.9 Å². The van der Waals surface area contributed by atoms with Crippen LogP contribution in [0, 0.1) is 6.92 Å². The molecule has 0 amide bonds. The molecule has 12 heavy (non-hydrogen) atoms. The van der Waals surface area contributed by atoms with Gasteiger partial charge in [0.05, 0.1) is 0 Å². The molecule has 1 aromatic rings. The number of aryl methyl sites for hydroxylation is 1. The van der Waals surface area contributed by atoms with Crippen molar-refractivity contribution in [1.82, 2.24) is 4.98 Å². The molecule has 1 rings (SSSR count). The number of aromatic amines is 1. The van der Waals surface area contributed by atoms with Gasteiger partial charge >= 0.3 is 0 Å². The topological polar surface area (TPSA) is 32.9 Å². The first-order valence-electron chi connectivity index (χ1n) is 3.66. The van der Waals surface area contributed by atoms with E-state index in [2.05, 4.69) is 4.98 Å². The van der Waals surface area contributed by atoms with Crippen LogP contribution >= 0.6 is 11.6 Å². The first kappa shape index (κ1) is 9.07. The average Bonchev–Trinajstić information content (AvgIpc) is 2.03. The van der Waals surface area contributed by atoms with E-state index in [1.807, 2.05) is 19.1 Å². The molecular weight excluding hydrogens is 174 g/mol. The van der Waals surface area contributed by atoms with Crippen molar-refractivity contribution >= 4 is 17.7 Å². The van der Waals surface area contributed by atoms with Crippen LogP contribution in [0.4, 0.5) is 0 Å². The first-order valence-corrected chi connectivity index (χ1v) is 4.19. The second-order valence-electron chi connectivity index (χ2n) is 2.49. The van der Waals surface area contributed by atoms with Crippen LogP contribution in [0.1, 0.15) is 11.1 Å². The van der Waals surface area contributed by atoms with Crippen LogP contribution in [0.3, 0.4) is 0 Å². The highest BCUT2D eigenvalue weighted by atomic mass is 35.5. The van der Waals surface area contributed by atoms with Crippen LogP contribution in [0.15, 0.2) is 23.1 Å². The van der Waals surface area contributed by atoms with Crippen molar-refractivity contribution in [3.63, 3.8) is 0 Å². The summed E-state index contributed by atoms with van der Waals surface area (Å²) in [7, 11) is 0. The van der Waals surface area contributed by atoms with Crippen molar-refractivity contribution < 1.29 is 0 Å². The Morgan fingerprint density at radius 2 is 2.42 bits per heavy atom. The van der Waals surface area contributed by atoms with E-state index in [0.29, 0.717) is 5.88 Å². The molecule has 64 valence electrons. The van der Waals surface area contributed by atoms with Gasteiger partial charge < -0.3 is 4.98 Å². The van der Waals surface area contributed by atoms with E-state index < -0.39 is 0 Å². The van der Waals surface area contributed by atoms with E-state index in [0.717, 1.165) is 11.1 Å². The minimum Gasteiger partial charge on any atom is -0.328 e. The van der Waals surface area contributed by atoms with Crippen molar-refractivity contribution in [2.45, 2.75) is 6.92 Å². The standard InChI is InChI=1S/C9H10ClNO/c1-7-5-9(12)11-6-8(7)3-2-4-10/h2-3,5-6H,4H2,1H3,(H,11,12). The number of alkyl halides is 1. The maximum Gasteiger partial charge on any atom is 0.248 e. The molecular formula is C9H10ClNO. The maximum absolute atomic E-state index is 10.8. The smallest absolute Gasteiger partial charge is 0.248 e. The van der Waals surface area contributed by atoms with E-state index in [4.69, 9.17) is 11.6 Å². The predicted molar refractivity (Wildman–Crippen MR) is 51.6 cm³/mol. The van der Waals surface area contributed by atoms with Gasteiger partial charge in [-0.25, -0.2) is 0 Å². The van der Waals surface area contributed by atoms with Gasteiger partial charge in [0, 0.05) is 18.1 Å². The van der Waals surface area contributed by atoms with Crippen LogP contribution in [0.25, 0.3) is 6.08 Å². The van der Waals surface area contributed by atoms with Crippen LogP contribution in [0.5, 0.6) is 0 Å². The van der Waals surface area contributed by atoms with Crippen LogP contribution < -0.4 is 5.56 Å². The normalized spacial score (nSPS) is 10.8.